The van der Waals surface area contributed by atoms with Crippen molar-refractivity contribution in [2.24, 2.45) is 0 Å². The van der Waals surface area contributed by atoms with E-state index in [2.05, 4.69) is 14.0 Å². The van der Waals surface area contributed by atoms with Crippen molar-refractivity contribution in [3.8, 4) is 0 Å². The number of hydrogen-bond donors (Lipinski definition) is 0. The van der Waals surface area contributed by atoms with E-state index in [4.69, 9.17) is 0 Å². The molecule has 1 aromatic heterocycles. The van der Waals surface area contributed by atoms with Gasteiger partial charge in [0.1, 0.15) is 0 Å². The molecule has 0 aliphatic heterocycles. The number of nitrogens with zero attached hydrogens (tertiary/aromatic N) is 3. The van der Waals surface area contributed by atoms with Crippen molar-refractivity contribution in [1.82, 2.24) is 14.0 Å². The molecule has 0 saturated carbocycles. The fourth-order valence-corrected chi connectivity index (χ4v) is 0.503. The highest BCUT2D eigenvalue weighted by Gasteiger charge is 1.88. The summed E-state index contributed by atoms with van der Waals surface area (Å²) < 4.78 is 6.83. The molecule has 0 radical (unpaired) electrons. The van der Waals surface area contributed by atoms with E-state index in [0.29, 0.717) is 6.29 Å². The SMILES string of the molecule is O=Cc1nnsn1. The van der Waals surface area contributed by atoms with Crippen LogP contribution in [-0.4, -0.2) is 20.2 Å². The minimum absolute atomic E-state index is 0.157. The maximum Gasteiger partial charge on any atom is 0.228 e. The summed E-state index contributed by atoms with van der Waals surface area (Å²) in [4.78, 5) is 9.71. The number of carbonyl (C=O) groups excluding carboxylic acids is 1. The first kappa shape index (κ1) is 4.32. The third-order valence-corrected chi connectivity index (χ3v) is 0.843. The van der Waals surface area contributed by atoms with Gasteiger partial charge in [-0.1, -0.05) is 4.49 Å². The van der Waals surface area contributed by atoms with Crippen molar-refractivity contribution in [2.45, 2.75) is 0 Å². The monoisotopic (exact) mass is 115 g/mol. The highest BCUT2D eigenvalue weighted by atomic mass is 32.1. The lowest BCUT2D eigenvalue weighted by atomic mass is 10.7. The lowest BCUT2D eigenvalue weighted by Gasteiger charge is -1.60. The van der Waals surface area contributed by atoms with Gasteiger partial charge in [-0.25, -0.2) is 0 Å². The van der Waals surface area contributed by atoms with E-state index in [-0.39, 0.29) is 5.82 Å². The van der Waals surface area contributed by atoms with Gasteiger partial charge >= 0.3 is 0 Å². The quantitative estimate of drug-likeness (QED) is 0.473. The van der Waals surface area contributed by atoms with Gasteiger partial charge in [-0.2, -0.15) is 0 Å². The predicted octanol–water partition coefficient (Wildman–Crippen LogP) is -0.254. The standard InChI is InChI=1S/C2HN3OS/c6-1-2-3-5-7-4-2/h1H. The van der Waals surface area contributed by atoms with Gasteiger partial charge in [0.05, 0.1) is 11.7 Å². The third-order valence-electron chi connectivity index (χ3n) is 0.420. The molecule has 0 fully saturated rings. The van der Waals surface area contributed by atoms with Crippen LogP contribution >= 0.6 is 11.7 Å². The van der Waals surface area contributed by atoms with E-state index in [0.717, 1.165) is 11.7 Å². The molecule has 36 valence electrons. The van der Waals surface area contributed by atoms with Crippen molar-refractivity contribution >= 4 is 18.0 Å². The number of aromatic nitrogens is 3. The molecule has 1 aromatic rings. The molecule has 1 heterocycles. The lowest BCUT2D eigenvalue weighted by Crippen LogP contribution is -1.79. The van der Waals surface area contributed by atoms with E-state index in [1.807, 2.05) is 0 Å². The van der Waals surface area contributed by atoms with Crippen LogP contribution in [0.15, 0.2) is 0 Å². The number of hydrogen-bond acceptors (Lipinski definition) is 5. The van der Waals surface area contributed by atoms with Crippen LogP contribution in [0.4, 0.5) is 0 Å². The molecule has 0 atom stereocenters. The fourth-order valence-electron chi connectivity index (χ4n) is 0.184. The Labute approximate surface area is 43.5 Å². The van der Waals surface area contributed by atoms with Gasteiger partial charge in [-0.05, 0) is 0 Å². The van der Waals surface area contributed by atoms with Gasteiger partial charge in [0.25, 0.3) is 0 Å². The number of carbonyl (C=O) groups is 1. The van der Waals surface area contributed by atoms with Gasteiger partial charge in [0.2, 0.25) is 5.82 Å². The maximum absolute atomic E-state index is 9.71. The Kier molecular flexibility index (Phi) is 1.08. The molecule has 7 heavy (non-hydrogen) atoms. The van der Waals surface area contributed by atoms with Crippen LogP contribution in [-0.2, 0) is 0 Å². The third kappa shape index (κ3) is 0.774. The Hall–Kier alpha value is -0.840. The van der Waals surface area contributed by atoms with Crippen LogP contribution in [0.2, 0.25) is 0 Å². The largest absolute Gasteiger partial charge is 0.294 e. The van der Waals surface area contributed by atoms with Gasteiger partial charge in [0.15, 0.2) is 6.29 Å². The summed E-state index contributed by atoms with van der Waals surface area (Å²) in [5.74, 6) is 0.157. The van der Waals surface area contributed by atoms with Crippen molar-refractivity contribution in [1.29, 1.82) is 0 Å². The van der Waals surface area contributed by atoms with E-state index in [1.54, 1.807) is 0 Å². The molecule has 0 spiro atoms. The smallest absolute Gasteiger partial charge is 0.228 e. The molecule has 0 unspecified atom stereocenters. The number of rotatable bonds is 1. The zero-order valence-electron chi connectivity index (χ0n) is 3.24. The summed E-state index contributed by atoms with van der Waals surface area (Å²) in [7, 11) is 0. The molecule has 5 heteroatoms. The molecule has 4 nitrogen and oxygen atoms in total. The van der Waals surface area contributed by atoms with Gasteiger partial charge < -0.3 is 0 Å². The molecular formula is C2HN3OS. The second-order valence-corrected chi connectivity index (χ2v) is 1.34. The van der Waals surface area contributed by atoms with Crippen LogP contribution in [0.5, 0.6) is 0 Å². The Balaban J connectivity index is 2.96. The summed E-state index contributed by atoms with van der Waals surface area (Å²) in [6, 6.07) is 0. The highest BCUT2D eigenvalue weighted by Crippen LogP contribution is 1.80. The first-order valence-corrected chi connectivity index (χ1v) is 2.27. The van der Waals surface area contributed by atoms with E-state index < -0.39 is 0 Å². The summed E-state index contributed by atoms with van der Waals surface area (Å²) in [5, 5.41) is 3.32. The minimum Gasteiger partial charge on any atom is -0.294 e. The normalized spacial score (nSPS) is 8.57. The summed E-state index contributed by atoms with van der Waals surface area (Å²) in [6.07, 6.45) is 0.559. The van der Waals surface area contributed by atoms with Crippen LogP contribution < -0.4 is 0 Å². The van der Waals surface area contributed by atoms with Crippen LogP contribution in [0.1, 0.15) is 10.6 Å². The minimum atomic E-state index is 0.157. The van der Waals surface area contributed by atoms with E-state index >= 15 is 0 Å². The van der Waals surface area contributed by atoms with Crippen molar-refractivity contribution in [2.75, 3.05) is 0 Å². The molecule has 0 bridgehead atoms. The zero-order valence-corrected chi connectivity index (χ0v) is 4.05. The zero-order chi connectivity index (χ0) is 5.11. The molecular weight excluding hydrogens is 114 g/mol. The topological polar surface area (TPSA) is 55.7 Å². The molecule has 0 aliphatic carbocycles. The molecule has 0 aliphatic rings. The molecule has 0 saturated heterocycles. The summed E-state index contributed by atoms with van der Waals surface area (Å²) >= 11 is 0.922. The summed E-state index contributed by atoms with van der Waals surface area (Å²) in [5.41, 5.74) is 0. The lowest BCUT2D eigenvalue weighted by molar-refractivity contribution is 0.111. The van der Waals surface area contributed by atoms with Gasteiger partial charge in [-0.15, -0.1) is 9.47 Å². The Morgan fingerprint density at radius 3 is 2.86 bits per heavy atom. The van der Waals surface area contributed by atoms with Gasteiger partial charge in [-0.3, -0.25) is 4.79 Å². The number of aldehydes is 1. The molecule has 1 rings (SSSR count). The Bertz CT molecular complexity index is 148. The van der Waals surface area contributed by atoms with Gasteiger partial charge in [0, 0.05) is 0 Å². The van der Waals surface area contributed by atoms with E-state index in [9.17, 15) is 4.79 Å². The average molecular weight is 115 g/mol. The van der Waals surface area contributed by atoms with Crippen LogP contribution in [0.3, 0.4) is 0 Å². The first-order chi connectivity index (χ1) is 3.43. The molecule has 0 amide bonds. The Morgan fingerprint density at radius 1 is 1.71 bits per heavy atom. The van der Waals surface area contributed by atoms with E-state index in [1.165, 1.54) is 0 Å². The highest BCUT2D eigenvalue weighted by molar-refractivity contribution is 6.98. The van der Waals surface area contributed by atoms with Crippen molar-refractivity contribution < 1.29 is 4.79 Å². The second-order valence-electron chi connectivity index (χ2n) is 0.831. The average Bonchev–Trinajstić information content (AvgIpc) is 2.14. The maximum atomic E-state index is 9.71. The fraction of sp³-hybridized carbons (Fsp3) is 0. The predicted molar refractivity (Wildman–Crippen MR) is 23.1 cm³/mol. The molecule has 0 aromatic carbocycles. The second kappa shape index (κ2) is 1.74. The van der Waals surface area contributed by atoms with Crippen LogP contribution in [0, 0.1) is 0 Å². The van der Waals surface area contributed by atoms with Crippen molar-refractivity contribution in [3.05, 3.63) is 5.82 Å². The van der Waals surface area contributed by atoms with Crippen molar-refractivity contribution in [3.63, 3.8) is 0 Å². The Morgan fingerprint density at radius 2 is 2.57 bits per heavy atom. The van der Waals surface area contributed by atoms with Crippen LogP contribution in [0.25, 0.3) is 0 Å². The first-order valence-electron chi connectivity index (χ1n) is 1.54. The summed E-state index contributed by atoms with van der Waals surface area (Å²) in [6.45, 7) is 0. The molecule has 0 N–H and O–H groups in total.